The van der Waals surface area contributed by atoms with Crippen molar-refractivity contribution in [3.8, 4) is 5.75 Å². The van der Waals surface area contributed by atoms with Crippen LogP contribution in [0.15, 0.2) is 36.7 Å². The van der Waals surface area contributed by atoms with Crippen molar-refractivity contribution in [3.05, 3.63) is 47.8 Å². The van der Waals surface area contributed by atoms with Gasteiger partial charge in [0.1, 0.15) is 11.4 Å². The molecule has 0 radical (unpaired) electrons. The molecule has 0 aliphatic heterocycles. The van der Waals surface area contributed by atoms with Gasteiger partial charge in [0.05, 0.1) is 6.20 Å². The summed E-state index contributed by atoms with van der Waals surface area (Å²) in [5.74, 6) is 0.191. The van der Waals surface area contributed by atoms with Crippen molar-refractivity contribution in [1.82, 2.24) is 9.78 Å². The van der Waals surface area contributed by atoms with Crippen LogP contribution in [0.2, 0.25) is 0 Å². The molecule has 0 spiro atoms. The lowest BCUT2D eigenvalue weighted by Gasteiger charge is -2.22. The van der Waals surface area contributed by atoms with Gasteiger partial charge in [-0.05, 0) is 31.0 Å². The van der Waals surface area contributed by atoms with E-state index in [1.165, 1.54) is 0 Å². The fourth-order valence-electron chi connectivity index (χ4n) is 1.92. The first-order valence-electron chi connectivity index (χ1n) is 6.09. The summed E-state index contributed by atoms with van der Waals surface area (Å²) in [6.45, 7) is 4.65. The Kier molecular flexibility index (Phi) is 3.39. The molecule has 0 bridgehead atoms. The van der Waals surface area contributed by atoms with Gasteiger partial charge in [0, 0.05) is 18.3 Å². The molecule has 0 amide bonds. The summed E-state index contributed by atoms with van der Waals surface area (Å²) < 4.78 is 1.82. The molecule has 0 aliphatic carbocycles. The van der Waals surface area contributed by atoms with Crippen LogP contribution in [0.25, 0.3) is 0 Å². The summed E-state index contributed by atoms with van der Waals surface area (Å²) in [6, 6.07) is 6.57. The Hall–Kier alpha value is -1.81. The zero-order chi connectivity index (χ0) is 13.2. The van der Waals surface area contributed by atoms with E-state index in [0.29, 0.717) is 0 Å². The summed E-state index contributed by atoms with van der Waals surface area (Å²) in [5, 5.41) is 24.1. The molecular weight excluding hydrogens is 228 g/mol. The summed E-state index contributed by atoms with van der Waals surface area (Å²) in [5.41, 5.74) is 0.387. The van der Waals surface area contributed by atoms with Crippen LogP contribution in [0.5, 0.6) is 5.75 Å². The van der Waals surface area contributed by atoms with Crippen molar-refractivity contribution < 1.29 is 10.2 Å². The van der Waals surface area contributed by atoms with Crippen molar-refractivity contribution in [2.24, 2.45) is 0 Å². The number of benzene rings is 1. The first-order chi connectivity index (χ1) is 8.54. The molecule has 1 atom stereocenters. The molecule has 0 saturated carbocycles. The van der Waals surface area contributed by atoms with Gasteiger partial charge in [-0.2, -0.15) is 5.10 Å². The summed E-state index contributed by atoms with van der Waals surface area (Å²) in [6.07, 6.45) is 4.54. The average Bonchev–Trinajstić information content (AvgIpc) is 2.79. The Morgan fingerprint density at radius 3 is 2.50 bits per heavy atom. The Balaban J connectivity index is 2.31. The molecule has 0 fully saturated rings. The van der Waals surface area contributed by atoms with Crippen LogP contribution >= 0.6 is 0 Å². The minimum absolute atomic E-state index is 0.191. The third-order valence-corrected chi connectivity index (χ3v) is 3.08. The number of nitrogens with zero attached hydrogens (tertiary/aromatic N) is 2. The van der Waals surface area contributed by atoms with Crippen molar-refractivity contribution in [1.29, 1.82) is 0 Å². The van der Waals surface area contributed by atoms with E-state index in [2.05, 4.69) is 12.0 Å². The fourth-order valence-corrected chi connectivity index (χ4v) is 1.92. The average molecular weight is 246 g/mol. The maximum atomic E-state index is 10.6. The second-order valence-electron chi connectivity index (χ2n) is 4.61. The highest BCUT2D eigenvalue weighted by molar-refractivity contribution is 5.35. The Labute approximate surface area is 107 Å². The molecule has 0 saturated heterocycles. The van der Waals surface area contributed by atoms with E-state index < -0.39 is 5.60 Å². The molecule has 96 valence electrons. The van der Waals surface area contributed by atoms with Gasteiger partial charge in [-0.1, -0.05) is 19.1 Å². The largest absolute Gasteiger partial charge is 0.508 e. The predicted molar refractivity (Wildman–Crippen MR) is 69.3 cm³/mol. The Morgan fingerprint density at radius 1 is 1.22 bits per heavy atom. The van der Waals surface area contributed by atoms with Gasteiger partial charge in [-0.3, -0.25) is 4.68 Å². The van der Waals surface area contributed by atoms with Crippen molar-refractivity contribution in [2.75, 3.05) is 0 Å². The normalized spacial score (nSPS) is 14.4. The van der Waals surface area contributed by atoms with Crippen LogP contribution in [0.4, 0.5) is 0 Å². The Morgan fingerprint density at radius 2 is 1.89 bits per heavy atom. The van der Waals surface area contributed by atoms with Crippen molar-refractivity contribution >= 4 is 0 Å². The lowest BCUT2D eigenvalue weighted by atomic mass is 9.90. The van der Waals surface area contributed by atoms with E-state index in [9.17, 15) is 10.2 Å². The summed E-state index contributed by atoms with van der Waals surface area (Å²) in [7, 11) is 0. The van der Waals surface area contributed by atoms with Gasteiger partial charge in [-0.15, -0.1) is 0 Å². The van der Waals surface area contributed by atoms with E-state index >= 15 is 0 Å². The number of hydrogen-bond donors (Lipinski definition) is 2. The van der Waals surface area contributed by atoms with Gasteiger partial charge in [-0.25, -0.2) is 0 Å². The van der Waals surface area contributed by atoms with Crippen LogP contribution in [-0.2, 0) is 12.1 Å². The van der Waals surface area contributed by atoms with Crippen LogP contribution < -0.4 is 0 Å². The Bertz CT molecular complexity index is 515. The molecule has 4 nitrogen and oxygen atoms in total. The lowest BCUT2D eigenvalue weighted by molar-refractivity contribution is 0.102. The SMILES string of the molecule is CCCn1cc(C(C)(O)c2ccc(O)cc2)cn1. The molecule has 0 aliphatic rings. The van der Waals surface area contributed by atoms with Gasteiger partial charge in [0.2, 0.25) is 0 Å². The molecule has 2 N–H and O–H groups in total. The number of hydrogen-bond acceptors (Lipinski definition) is 3. The summed E-state index contributed by atoms with van der Waals surface area (Å²) >= 11 is 0. The van der Waals surface area contributed by atoms with Crippen LogP contribution in [0.3, 0.4) is 0 Å². The highest BCUT2D eigenvalue weighted by Gasteiger charge is 2.27. The number of aliphatic hydroxyl groups is 1. The highest BCUT2D eigenvalue weighted by atomic mass is 16.3. The van der Waals surface area contributed by atoms with E-state index in [1.54, 1.807) is 37.4 Å². The lowest BCUT2D eigenvalue weighted by Crippen LogP contribution is -2.22. The smallest absolute Gasteiger partial charge is 0.115 e. The predicted octanol–water partition coefficient (Wildman–Crippen LogP) is 2.25. The maximum absolute atomic E-state index is 10.6. The fraction of sp³-hybridized carbons (Fsp3) is 0.357. The number of phenols is 1. The van der Waals surface area contributed by atoms with E-state index in [0.717, 1.165) is 24.1 Å². The van der Waals surface area contributed by atoms with Crippen molar-refractivity contribution in [3.63, 3.8) is 0 Å². The zero-order valence-electron chi connectivity index (χ0n) is 10.7. The highest BCUT2D eigenvalue weighted by Crippen LogP contribution is 2.29. The molecule has 18 heavy (non-hydrogen) atoms. The van der Waals surface area contributed by atoms with Crippen LogP contribution in [0.1, 0.15) is 31.4 Å². The molecule has 1 aromatic carbocycles. The first-order valence-corrected chi connectivity index (χ1v) is 6.09. The van der Waals surface area contributed by atoms with E-state index in [1.807, 2.05) is 10.9 Å². The van der Waals surface area contributed by atoms with E-state index in [4.69, 9.17) is 0 Å². The summed E-state index contributed by atoms with van der Waals surface area (Å²) in [4.78, 5) is 0. The molecular formula is C14H18N2O2. The third-order valence-electron chi connectivity index (χ3n) is 3.08. The molecule has 1 unspecified atom stereocenters. The zero-order valence-corrected chi connectivity index (χ0v) is 10.7. The van der Waals surface area contributed by atoms with Crippen molar-refractivity contribution in [2.45, 2.75) is 32.4 Å². The third kappa shape index (κ3) is 2.38. The number of aromatic hydroxyl groups is 1. The van der Waals surface area contributed by atoms with Gasteiger partial charge in [0.15, 0.2) is 0 Å². The quantitative estimate of drug-likeness (QED) is 0.870. The van der Waals surface area contributed by atoms with Crippen LogP contribution in [-0.4, -0.2) is 20.0 Å². The number of rotatable bonds is 4. The molecule has 1 heterocycles. The molecule has 4 heteroatoms. The maximum Gasteiger partial charge on any atom is 0.115 e. The van der Waals surface area contributed by atoms with Gasteiger partial charge in [0.25, 0.3) is 0 Å². The van der Waals surface area contributed by atoms with Gasteiger partial charge >= 0.3 is 0 Å². The molecule has 2 aromatic rings. The van der Waals surface area contributed by atoms with Gasteiger partial charge < -0.3 is 10.2 Å². The molecule has 2 rings (SSSR count). The number of phenolic OH excluding ortho intramolecular Hbond substituents is 1. The number of aryl methyl sites for hydroxylation is 1. The minimum Gasteiger partial charge on any atom is -0.508 e. The topological polar surface area (TPSA) is 58.3 Å². The first kappa shape index (κ1) is 12.6. The second kappa shape index (κ2) is 4.82. The minimum atomic E-state index is -1.10. The van der Waals surface area contributed by atoms with Crippen LogP contribution in [0, 0.1) is 0 Å². The van der Waals surface area contributed by atoms with E-state index in [-0.39, 0.29) is 5.75 Å². The standard InChI is InChI=1S/C14H18N2O2/c1-3-8-16-10-12(9-15-16)14(2,18)11-4-6-13(17)7-5-11/h4-7,9-10,17-18H,3,8H2,1-2H3. The second-order valence-corrected chi connectivity index (χ2v) is 4.61. The molecule has 1 aromatic heterocycles. The monoisotopic (exact) mass is 246 g/mol. The number of aromatic nitrogens is 2.